The number of hydrogen-bond donors (Lipinski definition) is 1. The van der Waals surface area contributed by atoms with Gasteiger partial charge in [-0.2, -0.15) is 0 Å². The smallest absolute Gasteiger partial charge is 0.252 e. The predicted octanol–water partition coefficient (Wildman–Crippen LogP) is 3.76. The number of nitrogens with one attached hydrogen (secondary N) is 1. The van der Waals surface area contributed by atoms with E-state index in [0.29, 0.717) is 19.1 Å². The summed E-state index contributed by atoms with van der Waals surface area (Å²) in [6, 6.07) is 8.67. The summed E-state index contributed by atoms with van der Waals surface area (Å²) in [6.45, 7) is 4.88. The Morgan fingerprint density at radius 3 is 2.79 bits per heavy atom. The third kappa shape index (κ3) is 5.17. The van der Waals surface area contributed by atoms with Gasteiger partial charge in [-0.3, -0.25) is 9.69 Å². The molecular formula is C25H34N6O2. The summed E-state index contributed by atoms with van der Waals surface area (Å²) in [5.74, 6) is 0.880. The molecule has 2 fully saturated rings. The number of aromatic nitrogens is 5. The normalized spacial score (nSPS) is 19.6. The van der Waals surface area contributed by atoms with Crippen molar-refractivity contribution in [3.63, 3.8) is 0 Å². The summed E-state index contributed by atoms with van der Waals surface area (Å²) in [5, 5.41) is 13.8. The lowest BCUT2D eigenvalue weighted by Crippen LogP contribution is -2.34. The van der Waals surface area contributed by atoms with Crippen LogP contribution in [0.15, 0.2) is 29.1 Å². The second kappa shape index (κ2) is 10.1. The Bertz CT molecular complexity index is 1130. The first-order valence-corrected chi connectivity index (χ1v) is 12.4. The minimum atomic E-state index is -0.0315. The lowest BCUT2D eigenvalue weighted by molar-refractivity contribution is 0.0659. The van der Waals surface area contributed by atoms with Crippen LogP contribution in [0, 0.1) is 0 Å². The minimum absolute atomic E-state index is 0.0315. The van der Waals surface area contributed by atoms with Gasteiger partial charge in [0.15, 0.2) is 5.82 Å². The molecule has 1 saturated carbocycles. The zero-order valence-electron chi connectivity index (χ0n) is 19.5. The van der Waals surface area contributed by atoms with E-state index in [2.05, 4.69) is 44.5 Å². The maximum atomic E-state index is 12.9. The maximum Gasteiger partial charge on any atom is 0.252 e. The summed E-state index contributed by atoms with van der Waals surface area (Å²) < 4.78 is 7.96. The molecule has 33 heavy (non-hydrogen) atoms. The molecule has 3 heterocycles. The van der Waals surface area contributed by atoms with E-state index in [-0.39, 0.29) is 11.7 Å². The van der Waals surface area contributed by atoms with E-state index in [1.165, 1.54) is 24.8 Å². The second-order valence-electron chi connectivity index (χ2n) is 9.54. The van der Waals surface area contributed by atoms with Crippen molar-refractivity contribution in [3.05, 3.63) is 51.6 Å². The molecule has 5 rings (SSSR count). The number of H-pyrrole nitrogens is 1. The number of fused-ring (bicyclic) bond motifs is 1. The van der Waals surface area contributed by atoms with E-state index in [0.717, 1.165) is 67.5 Å². The average Bonchev–Trinajstić information content (AvgIpc) is 3.52. The molecule has 1 saturated heterocycles. The lowest BCUT2D eigenvalue weighted by Gasteiger charge is -2.27. The van der Waals surface area contributed by atoms with Crippen molar-refractivity contribution in [2.45, 2.75) is 83.5 Å². The maximum absolute atomic E-state index is 12.9. The second-order valence-corrected chi connectivity index (χ2v) is 9.54. The molecule has 2 aromatic heterocycles. The molecule has 1 aromatic carbocycles. The molecule has 0 amide bonds. The van der Waals surface area contributed by atoms with Gasteiger partial charge in [-0.15, -0.1) is 5.10 Å². The van der Waals surface area contributed by atoms with Crippen LogP contribution in [0.4, 0.5) is 0 Å². The Morgan fingerprint density at radius 1 is 1.12 bits per heavy atom. The topological polar surface area (TPSA) is 88.9 Å². The molecule has 0 unspecified atom stereocenters. The predicted molar refractivity (Wildman–Crippen MR) is 127 cm³/mol. The molecule has 2 aliphatic rings. The first kappa shape index (κ1) is 22.2. The Kier molecular flexibility index (Phi) is 6.83. The van der Waals surface area contributed by atoms with Crippen molar-refractivity contribution in [1.82, 2.24) is 30.1 Å². The van der Waals surface area contributed by atoms with E-state index >= 15 is 0 Å². The molecule has 3 aromatic rings. The van der Waals surface area contributed by atoms with Crippen LogP contribution >= 0.6 is 0 Å². The quantitative estimate of drug-likeness (QED) is 0.562. The molecule has 1 N–H and O–H groups in total. The number of pyridine rings is 1. The molecule has 1 aliphatic heterocycles. The number of benzene rings is 1. The first-order valence-electron chi connectivity index (χ1n) is 12.4. The van der Waals surface area contributed by atoms with Crippen LogP contribution in [0.2, 0.25) is 0 Å². The SMILES string of the molecule is CCc1ccc2[nH]c(=O)c(CN(Cc3nnnn3C3CCCCC3)C[C@H]3CCCO3)cc2c1. The van der Waals surface area contributed by atoms with Gasteiger partial charge in [0.25, 0.3) is 5.56 Å². The molecule has 1 atom stereocenters. The molecule has 0 bridgehead atoms. The van der Waals surface area contributed by atoms with Crippen LogP contribution in [-0.4, -0.2) is 49.3 Å². The van der Waals surface area contributed by atoms with Crippen LogP contribution in [0.1, 0.15) is 74.9 Å². The third-order valence-corrected chi connectivity index (χ3v) is 7.12. The molecule has 176 valence electrons. The third-order valence-electron chi connectivity index (χ3n) is 7.12. The highest BCUT2D eigenvalue weighted by Gasteiger charge is 2.25. The Hall–Kier alpha value is -2.58. The highest BCUT2D eigenvalue weighted by atomic mass is 16.5. The number of ether oxygens (including phenoxy) is 1. The van der Waals surface area contributed by atoms with Crippen molar-refractivity contribution in [1.29, 1.82) is 0 Å². The van der Waals surface area contributed by atoms with E-state index in [4.69, 9.17) is 4.74 Å². The fourth-order valence-electron chi connectivity index (χ4n) is 5.27. The molecule has 8 heteroatoms. The van der Waals surface area contributed by atoms with Crippen molar-refractivity contribution >= 4 is 10.9 Å². The van der Waals surface area contributed by atoms with Gasteiger partial charge in [0.1, 0.15) is 0 Å². The van der Waals surface area contributed by atoms with Crippen LogP contribution in [0.3, 0.4) is 0 Å². The number of rotatable bonds is 8. The summed E-state index contributed by atoms with van der Waals surface area (Å²) in [6.07, 6.45) is 9.33. The molecule has 8 nitrogen and oxygen atoms in total. The van der Waals surface area contributed by atoms with Gasteiger partial charge in [0.05, 0.1) is 18.7 Å². The van der Waals surface area contributed by atoms with Gasteiger partial charge in [-0.25, -0.2) is 4.68 Å². The van der Waals surface area contributed by atoms with Crippen LogP contribution in [-0.2, 0) is 24.2 Å². The monoisotopic (exact) mass is 450 g/mol. The lowest BCUT2D eigenvalue weighted by atomic mass is 9.95. The average molecular weight is 451 g/mol. The molecular weight excluding hydrogens is 416 g/mol. The van der Waals surface area contributed by atoms with Crippen LogP contribution in [0.25, 0.3) is 10.9 Å². The van der Waals surface area contributed by atoms with Gasteiger partial charge < -0.3 is 9.72 Å². The summed E-state index contributed by atoms with van der Waals surface area (Å²) in [5.41, 5.74) is 2.89. The summed E-state index contributed by atoms with van der Waals surface area (Å²) >= 11 is 0. The van der Waals surface area contributed by atoms with E-state index in [9.17, 15) is 4.79 Å². The zero-order valence-corrected chi connectivity index (χ0v) is 19.5. The summed E-state index contributed by atoms with van der Waals surface area (Å²) in [7, 11) is 0. The van der Waals surface area contributed by atoms with Crippen molar-refractivity contribution < 1.29 is 4.74 Å². The number of hydrogen-bond acceptors (Lipinski definition) is 6. The van der Waals surface area contributed by atoms with Gasteiger partial charge in [0.2, 0.25) is 0 Å². The number of nitrogens with zero attached hydrogens (tertiary/aromatic N) is 5. The van der Waals surface area contributed by atoms with Gasteiger partial charge >= 0.3 is 0 Å². The van der Waals surface area contributed by atoms with Gasteiger partial charge in [-0.05, 0) is 71.7 Å². The fraction of sp³-hybridized carbons (Fsp3) is 0.600. The van der Waals surface area contributed by atoms with Gasteiger partial charge in [-0.1, -0.05) is 32.3 Å². The van der Waals surface area contributed by atoms with Crippen LogP contribution in [0.5, 0.6) is 0 Å². The summed E-state index contributed by atoms with van der Waals surface area (Å²) in [4.78, 5) is 18.3. The molecule has 0 spiro atoms. The highest BCUT2D eigenvalue weighted by molar-refractivity contribution is 5.79. The van der Waals surface area contributed by atoms with Gasteiger partial charge in [0, 0.05) is 30.8 Å². The highest BCUT2D eigenvalue weighted by Crippen LogP contribution is 2.28. The van der Waals surface area contributed by atoms with E-state index < -0.39 is 0 Å². The zero-order chi connectivity index (χ0) is 22.6. The Morgan fingerprint density at radius 2 is 2.00 bits per heavy atom. The number of aryl methyl sites for hydroxylation is 1. The van der Waals surface area contributed by atoms with Crippen molar-refractivity contribution in [2.24, 2.45) is 0 Å². The van der Waals surface area contributed by atoms with Crippen LogP contribution < -0.4 is 5.56 Å². The van der Waals surface area contributed by atoms with E-state index in [1.54, 1.807) is 0 Å². The number of tetrazole rings is 1. The fourth-order valence-corrected chi connectivity index (χ4v) is 5.27. The van der Waals surface area contributed by atoms with Crippen molar-refractivity contribution in [3.8, 4) is 0 Å². The number of aromatic amines is 1. The largest absolute Gasteiger partial charge is 0.377 e. The Balaban J connectivity index is 1.41. The standard InChI is InChI=1S/C25H34N6O2/c1-2-18-10-11-23-19(13-18)14-20(25(32)26-23)15-30(16-22-9-6-12-33-22)17-24-27-28-29-31(24)21-7-4-3-5-8-21/h10-11,13-14,21-22H,2-9,12,15-17H2,1H3,(H,26,32)/t22-/m1/s1. The van der Waals surface area contributed by atoms with Crippen molar-refractivity contribution in [2.75, 3.05) is 13.2 Å². The first-order chi connectivity index (χ1) is 16.2. The molecule has 1 aliphatic carbocycles. The van der Waals surface area contributed by atoms with E-state index in [1.807, 2.05) is 16.8 Å². The molecule has 0 radical (unpaired) electrons. The minimum Gasteiger partial charge on any atom is -0.377 e. The Labute approximate surface area is 194 Å².